The van der Waals surface area contributed by atoms with Crippen LogP contribution in [-0.2, 0) is 38.4 Å². The number of fused-ring (bicyclic) bond motifs is 8. The van der Waals surface area contributed by atoms with Crippen LogP contribution in [0.4, 0.5) is 0 Å². The highest BCUT2D eigenvalue weighted by atomic mass is 16.4. The van der Waals surface area contributed by atoms with Gasteiger partial charge in [-0.3, -0.25) is 14.6 Å². The van der Waals surface area contributed by atoms with E-state index >= 15 is 0 Å². The molecule has 3 aromatic heterocycles. The summed E-state index contributed by atoms with van der Waals surface area (Å²) < 4.78 is 0. The van der Waals surface area contributed by atoms with Gasteiger partial charge in [-0.1, -0.05) is 38.6 Å². The number of carbonyl (C=O) groups is 4. The number of hydrogen-bond donors (Lipinski definition) is 7. The lowest BCUT2D eigenvalue weighted by molar-refractivity contribution is -0.141. The maximum Gasteiger partial charge on any atom is 0.338 e. The highest BCUT2D eigenvalue weighted by Crippen LogP contribution is 2.44. The molecule has 13 heteroatoms. The molecule has 56 heavy (non-hydrogen) atoms. The van der Waals surface area contributed by atoms with E-state index in [2.05, 4.69) is 21.9 Å². The SMILES string of the molecule is C=Cc1c(C)c2cc3nc(c(CC(=O)NC(Cc4ccc(O)cc4)C(=O)O)c4nc(cc5[nH]c(cc1[nH]2)c(C)c5CC)C(C)=C4C(=O)O)[C@@H](CCC(=O)O)[C@@H]3C. The molecule has 13 nitrogen and oxygen atoms in total. The Bertz CT molecular complexity index is 2490. The number of aliphatic carboxylic acids is 3. The number of amides is 1. The first-order valence-electron chi connectivity index (χ1n) is 18.5. The normalized spacial score (nSPS) is 15.7. The van der Waals surface area contributed by atoms with Crippen molar-refractivity contribution >= 4 is 63.1 Å². The molecule has 5 heterocycles. The molecule has 4 aromatic rings. The number of aromatic hydroxyl groups is 1. The van der Waals surface area contributed by atoms with Crippen LogP contribution in [0.3, 0.4) is 0 Å². The second kappa shape index (κ2) is 15.7. The lowest BCUT2D eigenvalue weighted by Crippen LogP contribution is -2.43. The Morgan fingerprint density at radius 3 is 2.21 bits per heavy atom. The summed E-state index contributed by atoms with van der Waals surface area (Å²) in [4.78, 5) is 68.5. The largest absolute Gasteiger partial charge is 0.508 e. The fourth-order valence-electron chi connectivity index (χ4n) is 7.85. The topological polar surface area (TPSA) is 219 Å². The summed E-state index contributed by atoms with van der Waals surface area (Å²) in [5.74, 6) is -5.24. The Balaban J connectivity index is 1.67. The van der Waals surface area contributed by atoms with E-state index in [1.807, 2.05) is 39.8 Å². The van der Waals surface area contributed by atoms with Crippen LogP contribution in [0.1, 0.15) is 102 Å². The van der Waals surface area contributed by atoms with Gasteiger partial charge in [0.2, 0.25) is 5.91 Å². The Morgan fingerprint density at radius 1 is 0.911 bits per heavy atom. The molecule has 7 N–H and O–H groups in total. The van der Waals surface area contributed by atoms with E-state index in [-0.39, 0.29) is 47.8 Å². The van der Waals surface area contributed by atoms with Gasteiger partial charge in [-0.05, 0) is 91.8 Å². The molecule has 6 rings (SSSR count). The third-order valence-corrected chi connectivity index (χ3v) is 11.0. The van der Waals surface area contributed by atoms with Gasteiger partial charge in [0.1, 0.15) is 11.8 Å². The lowest BCUT2D eigenvalue weighted by atomic mass is 9.84. The molecule has 0 aliphatic carbocycles. The van der Waals surface area contributed by atoms with Crippen LogP contribution in [0.5, 0.6) is 5.75 Å². The molecule has 0 spiro atoms. The molecule has 0 fully saturated rings. The molecule has 3 atom stereocenters. The number of hydrogen-bond acceptors (Lipinski definition) is 7. The number of H-pyrrole nitrogens is 2. The molecule has 1 amide bonds. The van der Waals surface area contributed by atoms with Gasteiger partial charge in [-0.2, -0.15) is 0 Å². The third kappa shape index (κ3) is 7.57. The number of aromatic amines is 2. The fourth-order valence-corrected chi connectivity index (χ4v) is 7.85. The second-order valence-electron chi connectivity index (χ2n) is 14.4. The molecular weight excluding hydrogens is 715 g/mol. The Hall–Kier alpha value is -6.50. The summed E-state index contributed by atoms with van der Waals surface area (Å²) in [6.45, 7) is 13.6. The zero-order valence-corrected chi connectivity index (χ0v) is 31.9. The number of nitrogens with zero attached hydrogens (tertiary/aromatic N) is 2. The molecule has 2 aliphatic rings. The van der Waals surface area contributed by atoms with Gasteiger partial charge in [0, 0.05) is 63.6 Å². The number of nitrogens with one attached hydrogen (secondary N) is 3. The van der Waals surface area contributed by atoms with Crippen LogP contribution < -0.4 is 5.32 Å². The van der Waals surface area contributed by atoms with E-state index in [0.717, 1.165) is 44.3 Å². The van der Waals surface area contributed by atoms with Crippen LogP contribution in [0.15, 0.2) is 49.0 Å². The van der Waals surface area contributed by atoms with E-state index < -0.39 is 42.2 Å². The van der Waals surface area contributed by atoms with Crippen LogP contribution in [0, 0.1) is 13.8 Å². The van der Waals surface area contributed by atoms with Crippen molar-refractivity contribution in [3.8, 4) is 5.75 Å². The van der Waals surface area contributed by atoms with Crippen molar-refractivity contribution in [1.82, 2.24) is 25.3 Å². The van der Waals surface area contributed by atoms with Gasteiger partial charge in [-0.15, -0.1) is 0 Å². The lowest BCUT2D eigenvalue weighted by Gasteiger charge is -2.19. The summed E-state index contributed by atoms with van der Waals surface area (Å²) in [6, 6.07) is 10.3. The summed E-state index contributed by atoms with van der Waals surface area (Å²) in [5.41, 5.74) is 9.17. The Labute approximate surface area is 322 Å². The zero-order chi connectivity index (χ0) is 40.6. The number of aryl methyl sites for hydroxylation is 3. The van der Waals surface area contributed by atoms with E-state index in [1.165, 1.54) is 12.1 Å². The Morgan fingerprint density at radius 2 is 1.59 bits per heavy atom. The predicted molar refractivity (Wildman–Crippen MR) is 213 cm³/mol. The van der Waals surface area contributed by atoms with E-state index in [4.69, 9.17) is 9.97 Å². The molecule has 0 radical (unpaired) electrons. The van der Waals surface area contributed by atoms with Crippen molar-refractivity contribution in [3.05, 3.63) is 105 Å². The van der Waals surface area contributed by atoms with Crippen LogP contribution in [-0.4, -0.2) is 70.2 Å². The first-order valence-corrected chi connectivity index (χ1v) is 18.5. The number of allylic oxidation sites excluding steroid dienone is 1. The summed E-state index contributed by atoms with van der Waals surface area (Å²) in [6.07, 6.45) is 1.78. The molecule has 1 unspecified atom stereocenters. The molecule has 290 valence electrons. The van der Waals surface area contributed by atoms with Crippen LogP contribution in [0.2, 0.25) is 0 Å². The van der Waals surface area contributed by atoms with Gasteiger partial charge >= 0.3 is 17.9 Å². The van der Waals surface area contributed by atoms with Crippen molar-refractivity contribution in [2.45, 2.75) is 84.6 Å². The number of carbonyl (C=O) groups excluding carboxylic acids is 1. The summed E-state index contributed by atoms with van der Waals surface area (Å²) in [7, 11) is 0. The zero-order valence-electron chi connectivity index (χ0n) is 31.9. The smallest absolute Gasteiger partial charge is 0.338 e. The molecule has 0 saturated carbocycles. The minimum Gasteiger partial charge on any atom is -0.508 e. The average Bonchev–Trinajstić information content (AvgIpc) is 3.83. The quantitative estimate of drug-likeness (QED) is 0.0787. The van der Waals surface area contributed by atoms with E-state index in [1.54, 1.807) is 31.2 Å². The molecule has 1 aromatic carbocycles. The van der Waals surface area contributed by atoms with Gasteiger partial charge in [0.05, 0.1) is 29.1 Å². The Kier molecular flexibility index (Phi) is 11.0. The predicted octanol–water partition coefficient (Wildman–Crippen LogP) is 6.96. The standard InChI is InChI=1S/C43H45N5O8/c1-7-26-20(3)30-17-32-22(5)28(13-14-38(51)52)40(47-32)29(16-37(50)46-36(42(53)54)15-24-9-11-25(49)12-10-24)41-39(43(55)56)23(6)33(48-41)19-35-27(8-2)21(4)31(45-35)18-34(26)44-30/h7,9-12,17-19,22,28,36,44-45,49H,1,8,13-16H2,2-6H3,(H,46,50)(H,51,52)(H,53,54)(H,55,56)/t22-,28-,36?/m0/s1. The van der Waals surface area contributed by atoms with Crippen LogP contribution >= 0.6 is 0 Å². The number of phenolic OH excluding ortho intramolecular Hbond substituents is 1. The second-order valence-corrected chi connectivity index (χ2v) is 14.4. The van der Waals surface area contributed by atoms with Crippen molar-refractivity contribution in [2.24, 2.45) is 0 Å². The number of phenols is 1. The number of rotatable bonds is 12. The molecule has 2 aliphatic heterocycles. The van der Waals surface area contributed by atoms with Gasteiger partial charge in [0.15, 0.2) is 0 Å². The van der Waals surface area contributed by atoms with Crippen molar-refractivity contribution in [3.63, 3.8) is 0 Å². The van der Waals surface area contributed by atoms with Gasteiger partial charge in [0.25, 0.3) is 0 Å². The van der Waals surface area contributed by atoms with Gasteiger partial charge in [-0.25, -0.2) is 14.6 Å². The first kappa shape index (κ1) is 39.2. The van der Waals surface area contributed by atoms with Crippen LogP contribution in [0.25, 0.3) is 39.3 Å². The summed E-state index contributed by atoms with van der Waals surface area (Å²) >= 11 is 0. The highest BCUT2D eigenvalue weighted by Gasteiger charge is 2.36. The number of benzene rings is 1. The number of carboxylic acid groups (broad SMARTS) is 3. The number of aromatic nitrogens is 4. The highest BCUT2D eigenvalue weighted by molar-refractivity contribution is 6.24. The maximum atomic E-state index is 14.0. The van der Waals surface area contributed by atoms with Crippen molar-refractivity contribution < 1.29 is 39.6 Å². The number of carboxylic acids is 3. The van der Waals surface area contributed by atoms with E-state index in [0.29, 0.717) is 34.6 Å². The monoisotopic (exact) mass is 759 g/mol. The average molecular weight is 760 g/mol. The first-order chi connectivity index (χ1) is 26.6. The fraction of sp³-hybridized carbons (Fsp3) is 0.302. The van der Waals surface area contributed by atoms with E-state index in [9.17, 15) is 39.6 Å². The third-order valence-electron chi connectivity index (χ3n) is 11.0. The van der Waals surface area contributed by atoms with Crippen molar-refractivity contribution in [2.75, 3.05) is 0 Å². The summed E-state index contributed by atoms with van der Waals surface area (Å²) in [5, 5.41) is 42.9. The molecule has 8 bridgehead atoms. The van der Waals surface area contributed by atoms with Gasteiger partial charge < -0.3 is 35.7 Å². The molecular formula is C43H45N5O8. The minimum atomic E-state index is -1.36. The minimum absolute atomic E-state index is 0.00169. The molecule has 0 saturated heterocycles. The van der Waals surface area contributed by atoms with Crippen molar-refractivity contribution in [1.29, 1.82) is 0 Å². The maximum absolute atomic E-state index is 14.0.